The second-order valence-corrected chi connectivity index (χ2v) is 8.86. The molecular weight excluding hydrogens is 560 g/mol. The maximum atomic E-state index is 13.2. The second kappa shape index (κ2) is 12.9. The van der Waals surface area contributed by atoms with Crippen molar-refractivity contribution in [2.75, 3.05) is 0 Å². The van der Waals surface area contributed by atoms with E-state index >= 15 is 0 Å². The van der Waals surface area contributed by atoms with Gasteiger partial charge in [-0.15, -0.1) is 0 Å². The number of carboxylic acid groups (broad SMARTS) is 1. The molecule has 0 aliphatic heterocycles. The number of carbonyl (C=O) groups is 3. The quantitative estimate of drug-likeness (QED) is 0.0526. The van der Waals surface area contributed by atoms with Crippen LogP contribution in [0.5, 0.6) is 34.5 Å². The zero-order valence-corrected chi connectivity index (χ0v) is 21.4. The predicted molar refractivity (Wildman–Crippen MR) is 142 cm³/mol. The maximum absolute atomic E-state index is 13.2. The van der Waals surface area contributed by atoms with Gasteiger partial charge in [0, 0.05) is 24.5 Å². The topological polar surface area (TPSA) is 257 Å². The van der Waals surface area contributed by atoms with Crippen molar-refractivity contribution < 1.29 is 59.8 Å². The summed E-state index contributed by atoms with van der Waals surface area (Å²) < 4.78 is 5.18. The van der Waals surface area contributed by atoms with Crippen LogP contribution in [0.2, 0.25) is 0 Å². The molecule has 0 spiro atoms. The van der Waals surface area contributed by atoms with Gasteiger partial charge in [-0.25, -0.2) is 9.59 Å². The first-order chi connectivity index (χ1) is 19.7. The summed E-state index contributed by atoms with van der Waals surface area (Å²) in [6.45, 7) is 0. The minimum Gasteiger partial charge on any atom is -0.504 e. The number of carboxylic acids is 1. The Morgan fingerprint density at radius 1 is 0.833 bits per heavy atom. The predicted octanol–water partition coefficient (Wildman–Crippen LogP) is 1.81. The molecule has 3 rings (SSSR count). The van der Waals surface area contributed by atoms with Crippen molar-refractivity contribution in [3.63, 3.8) is 0 Å². The Labute approximate surface area is 236 Å². The largest absolute Gasteiger partial charge is 0.504 e. The third kappa shape index (κ3) is 7.78. The average molecular weight is 584 g/mol. The lowest BCUT2D eigenvalue weighted by Crippen LogP contribution is -2.48. The monoisotopic (exact) mass is 584 g/mol. The Bertz CT molecular complexity index is 1570. The molecule has 8 N–H and O–H groups in total. The Balaban J connectivity index is 1.90. The number of rotatable bonds is 11. The van der Waals surface area contributed by atoms with Crippen LogP contribution in [0.15, 0.2) is 54.6 Å². The van der Waals surface area contributed by atoms with E-state index < -0.39 is 81.5 Å². The number of benzene rings is 3. The summed E-state index contributed by atoms with van der Waals surface area (Å²) >= 11 is 0. The minimum atomic E-state index is -1.90. The molecular formula is C27H24N2O13. The lowest BCUT2D eigenvalue weighted by molar-refractivity contribution is -0.385. The fourth-order valence-electron chi connectivity index (χ4n) is 3.71. The molecule has 0 heterocycles. The summed E-state index contributed by atoms with van der Waals surface area (Å²) in [6.07, 6.45) is -1.03. The third-order valence-electron chi connectivity index (χ3n) is 5.83. The summed E-state index contributed by atoms with van der Waals surface area (Å²) in [4.78, 5) is 48.3. The molecule has 0 saturated heterocycles. The van der Waals surface area contributed by atoms with Gasteiger partial charge in [0.15, 0.2) is 40.6 Å². The van der Waals surface area contributed by atoms with Gasteiger partial charge >= 0.3 is 11.9 Å². The number of nitro groups is 1. The minimum absolute atomic E-state index is 0.200. The van der Waals surface area contributed by atoms with E-state index in [1.165, 1.54) is 12.1 Å². The van der Waals surface area contributed by atoms with Gasteiger partial charge in [-0.3, -0.25) is 14.9 Å². The van der Waals surface area contributed by atoms with E-state index in [1.54, 1.807) is 0 Å². The summed E-state index contributed by atoms with van der Waals surface area (Å²) in [5.74, 6) is -7.39. The van der Waals surface area contributed by atoms with E-state index in [4.69, 9.17) is 4.74 Å². The van der Waals surface area contributed by atoms with E-state index in [0.717, 1.165) is 42.5 Å². The van der Waals surface area contributed by atoms with Crippen LogP contribution >= 0.6 is 0 Å². The van der Waals surface area contributed by atoms with E-state index in [-0.39, 0.29) is 23.1 Å². The molecule has 220 valence electrons. The molecule has 3 aromatic rings. The second-order valence-electron chi connectivity index (χ2n) is 8.86. The molecule has 3 aromatic carbocycles. The Morgan fingerprint density at radius 3 is 2.02 bits per heavy atom. The highest BCUT2D eigenvalue weighted by Crippen LogP contribution is 2.34. The van der Waals surface area contributed by atoms with Crippen LogP contribution in [0, 0.1) is 10.1 Å². The van der Waals surface area contributed by atoms with E-state index in [0.29, 0.717) is 6.07 Å². The van der Waals surface area contributed by atoms with Crippen LogP contribution in [0.4, 0.5) is 5.69 Å². The smallest absolute Gasteiger partial charge is 0.331 e. The molecule has 2 atom stereocenters. The number of phenols is 6. The number of aromatic hydroxyl groups is 6. The van der Waals surface area contributed by atoms with Crippen LogP contribution in [-0.2, 0) is 32.0 Å². The summed E-state index contributed by atoms with van der Waals surface area (Å²) in [7, 11) is 0. The maximum Gasteiger partial charge on any atom is 0.331 e. The van der Waals surface area contributed by atoms with Crippen molar-refractivity contribution in [2.45, 2.75) is 25.0 Å². The number of nitrogens with zero attached hydrogens (tertiary/aromatic N) is 1. The number of carbonyl (C=O) groups excluding carboxylic acids is 2. The zero-order chi connectivity index (χ0) is 31.1. The van der Waals surface area contributed by atoms with Crippen LogP contribution in [0.25, 0.3) is 6.08 Å². The number of nitrogens with one attached hydrogen (secondary N) is 1. The van der Waals surface area contributed by atoms with Gasteiger partial charge in [0.05, 0.1) is 11.0 Å². The molecule has 0 aromatic heterocycles. The fraction of sp³-hybridized carbons (Fsp3) is 0.148. The van der Waals surface area contributed by atoms with Gasteiger partial charge in [0.1, 0.15) is 6.04 Å². The summed E-state index contributed by atoms with van der Waals surface area (Å²) in [5, 5.41) is 81.1. The van der Waals surface area contributed by atoms with E-state index in [9.17, 15) is 60.2 Å². The Kier molecular flexibility index (Phi) is 9.39. The number of aliphatic carboxylic acids is 1. The SMILES string of the molecule is O=C(/C=C/c1ccc(O)c(O)c1)OC(Cc1cc(O)c(O)cc1[N+](=O)[O-])C(=O)NC(Cc1ccc(O)c(O)c1)C(=O)O. The number of ether oxygens (including phenoxy) is 1. The summed E-state index contributed by atoms with van der Waals surface area (Å²) in [5.41, 5.74) is -0.634. The number of hydrogen-bond acceptors (Lipinski definition) is 12. The Morgan fingerprint density at radius 2 is 1.43 bits per heavy atom. The summed E-state index contributed by atoms with van der Waals surface area (Å²) in [6, 6.07) is 6.82. The third-order valence-corrected chi connectivity index (χ3v) is 5.83. The highest BCUT2D eigenvalue weighted by Gasteiger charge is 2.31. The van der Waals surface area contributed by atoms with Crippen LogP contribution in [-0.4, -0.2) is 70.7 Å². The number of phenolic OH excluding ortho intramolecular Hbond substituents is 6. The number of nitro benzene ring substituents is 1. The van der Waals surface area contributed by atoms with Crippen molar-refractivity contribution in [1.29, 1.82) is 0 Å². The standard InChI is InChI=1S/C27H24N2O13/c30-18-4-1-13(8-20(18)32)3-6-25(36)42-24(11-15-10-22(34)23(35)12-17(15)29(40)41)26(37)28-16(27(38)39)7-14-2-5-19(31)21(33)9-14/h1-6,8-10,12,16,24,30-35H,7,11H2,(H,28,37)(H,38,39)/b6-3+. The molecule has 1 amide bonds. The van der Waals surface area contributed by atoms with Gasteiger partial charge in [-0.05, 0) is 47.5 Å². The zero-order valence-electron chi connectivity index (χ0n) is 21.4. The first-order valence-electron chi connectivity index (χ1n) is 11.9. The van der Waals surface area contributed by atoms with E-state index in [1.807, 2.05) is 0 Å². The molecule has 0 radical (unpaired) electrons. The van der Waals surface area contributed by atoms with Gasteiger partial charge in [-0.2, -0.15) is 0 Å². The van der Waals surface area contributed by atoms with Crippen LogP contribution in [0.3, 0.4) is 0 Å². The normalized spacial score (nSPS) is 12.4. The van der Waals surface area contributed by atoms with E-state index in [2.05, 4.69) is 5.32 Å². The lowest BCUT2D eigenvalue weighted by Gasteiger charge is -2.21. The van der Waals surface area contributed by atoms with Gasteiger partial charge in [0.25, 0.3) is 11.6 Å². The lowest BCUT2D eigenvalue weighted by atomic mass is 10.0. The molecule has 0 aliphatic carbocycles. The molecule has 15 heteroatoms. The molecule has 0 saturated carbocycles. The molecule has 0 aliphatic rings. The van der Waals surface area contributed by atoms with Crippen molar-refractivity contribution in [1.82, 2.24) is 5.32 Å². The number of esters is 1. The van der Waals surface area contributed by atoms with Crippen molar-refractivity contribution >= 4 is 29.6 Å². The van der Waals surface area contributed by atoms with Gasteiger partial charge < -0.3 is 45.8 Å². The van der Waals surface area contributed by atoms with Gasteiger partial charge in [-0.1, -0.05) is 12.1 Å². The fourth-order valence-corrected chi connectivity index (χ4v) is 3.71. The highest BCUT2D eigenvalue weighted by atomic mass is 16.6. The molecule has 15 nitrogen and oxygen atoms in total. The van der Waals surface area contributed by atoms with Crippen molar-refractivity contribution in [3.8, 4) is 34.5 Å². The Hall–Kier alpha value is -5.99. The highest BCUT2D eigenvalue weighted by molar-refractivity contribution is 5.92. The molecule has 2 unspecified atom stereocenters. The molecule has 0 bridgehead atoms. The molecule has 42 heavy (non-hydrogen) atoms. The average Bonchev–Trinajstić information content (AvgIpc) is 2.92. The van der Waals surface area contributed by atoms with Crippen LogP contribution < -0.4 is 5.32 Å². The van der Waals surface area contributed by atoms with Crippen molar-refractivity contribution in [3.05, 3.63) is 81.4 Å². The van der Waals surface area contributed by atoms with Gasteiger partial charge in [0.2, 0.25) is 0 Å². The first kappa shape index (κ1) is 30.6. The number of amides is 1. The molecule has 0 fully saturated rings. The number of hydrogen-bond donors (Lipinski definition) is 8. The van der Waals surface area contributed by atoms with Crippen LogP contribution in [0.1, 0.15) is 16.7 Å². The van der Waals surface area contributed by atoms with Crippen molar-refractivity contribution in [2.24, 2.45) is 0 Å². The first-order valence-corrected chi connectivity index (χ1v) is 11.9.